The van der Waals surface area contributed by atoms with Gasteiger partial charge in [-0.2, -0.15) is 0 Å². The molecule has 0 saturated heterocycles. The standard InChI is InChI=1S/C22H26ClNO3/c23-19-8-12-20(13-9-19)26-15-14-24-22(25)16-27-21-10-6-18(7-11-21)17-4-2-1-3-5-17/h6-13,17H,1-5,14-16H2,(H,24,25). The molecule has 0 heterocycles. The highest BCUT2D eigenvalue weighted by molar-refractivity contribution is 6.30. The molecule has 0 aromatic heterocycles. The van der Waals surface area contributed by atoms with Crippen molar-refractivity contribution in [2.75, 3.05) is 19.8 Å². The van der Waals surface area contributed by atoms with Crippen LogP contribution in [-0.2, 0) is 4.79 Å². The smallest absolute Gasteiger partial charge is 0.258 e. The zero-order chi connectivity index (χ0) is 18.9. The van der Waals surface area contributed by atoms with E-state index in [-0.39, 0.29) is 12.5 Å². The van der Waals surface area contributed by atoms with Gasteiger partial charge >= 0.3 is 0 Å². The van der Waals surface area contributed by atoms with E-state index in [1.807, 2.05) is 12.1 Å². The fraction of sp³-hybridized carbons (Fsp3) is 0.409. The highest BCUT2D eigenvalue weighted by Crippen LogP contribution is 2.33. The molecule has 1 aliphatic rings. The van der Waals surface area contributed by atoms with Gasteiger partial charge in [-0.3, -0.25) is 4.79 Å². The molecule has 1 N–H and O–H groups in total. The van der Waals surface area contributed by atoms with E-state index in [1.54, 1.807) is 24.3 Å². The molecule has 0 bridgehead atoms. The van der Waals surface area contributed by atoms with Gasteiger partial charge in [-0.1, -0.05) is 43.0 Å². The van der Waals surface area contributed by atoms with Crippen molar-refractivity contribution in [2.24, 2.45) is 0 Å². The van der Waals surface area contributed by atoms with E-state index in [0.29, 0.717) is 24.1 Å². The Labute approximate surface area is 165 Å². The van der Waals surface area contributed by atoms with Crippen molar-refractivity contribution >= 4 is 17.5 Å². The lowest BCUT2D eigenvalue weighted by Crippen LogP contribution is -2.32. The summed E-state index contributed by atoms with van der Waals surface area (Å²) in [6.07, 6.45) is 6.56. The summed E-state index contributed by atoms with van der Waals surface area (Å²) in [5.41, 5.74) is 1.38. The van der Waals surface area contributed by atoms with Crippen molar-refractivity contribution in [1.82, 2.24) is 5.32 Å². The monoisotopic (exact) mass is 387 g/mol. The molecular weight excluding hydrogens is 362 g/mol. The number of nitrogens with one attached hydrogen (secondary N) is 1. The van der Waals surface area contributed by atoms with Crippen LogP contribution >= 0.6 is 11.6 Å². The van der Waals surface area contributed by atoms with Crippen molar-refractivity contribution in [2.45, 2.75) is 38.0 Å². The van der Waals surface area contributed by atoms with Gasteiger partial charge in [0.1, 0.15) is 18.1 Å². The highest BCUT2D eigenvalue weighted by Gasteiger charge is 2.15. The lowest BCUT2D eigenvalue weighted by molar-refractivity contribution is -0.123. The van der Waals surface area contributed by atoms with Crippen LogP contribution in [-0.4, -0.2) is 25.7 Å². The van der Waals surface area contributed by atoms with Crippen LogP contribution < -0.4 is 14.8 Å². The molecule has 0 aliphatic heterocycles. The van der Waals surface area contributed by atoms with Crippen molar-refractivity contribution in [3.8, 4) is 11.5 Å². The van der Waals surface area contributed by atoms with Gasteiger partial charge in [0.05, 0.1) is 6.54 Å². The predicted octanol–water partition coefficient (Wildman–Crippen LogP) is 4.96. The molecule has 0 radical (unpaired) electrons. The molecular formula is C22H26ClNO3. The van der Waals surface area contributed by atoms with Gasteiger partial charge in [0, 0.05) is 5.02 Å². The van der Waals surface area contributed by atoms with E-state index >= 15 is 0 Å². The topological polar surface area (TPSA) is 47.6 Å². The normalized spacial score (nSPS) is 14.6. The van der Waals surface area contributed by atoms with Gasteiger partial charge in [-0.25, -0.2) is 0 Å². The number of halogens is 1. The summed E-state index contributed by atoms with van der Waals surface area (Å²) in [6.45, 7) is 0.818. The van der Waals surface area contributed by atoms with Crippen LogP contribution in [0.5, 0.6) is 11.5 Å². The Morgan fingerprint density at radius 2 is 1.56 bits per heavy atom. The van der Waals surface area contributed by atoms with E-state index < -0.39 is 0 Å². The van der Waals surface area contributed by atoms with E-state index in [4.69, 9.17) is 21.1 Å². The van der Waals surface area contributed by atoms with E-state index in [2.05, 4.69) is 17.4 Å². The first-order chi connectivity index (χ1) is 13.2. The highest BCUT2D eigenvalue weighted by atomic mass is 35.5. The third-order valence-electron chi connectivity index (χ3n) is 4.83. The number of carbonyl (C=O) groups excluding carboxylic acids is 1. The van der Waals surface area contributed by atoms with Crippen LogP contribution in [0.2, 0.25) is 5.02 Å². The number of amides is 1. The molecule has 0 spiro atoms. The Morgan fingerprint density at radius 1 is 0.926 bits per heavy atom. The lowest BCUT2D eigenvalue weighted by Gasteiger charge is -2.22. The minimum atomic E-state index is -0.161. The minimum Gasteiger partial charge on any atom is -0.492 e. The van der Waals surface area contributed by atoms with Gasteiger partial charge < -0.3 is 14.8 Å². The molecule has 2 aromatic rings. The molecule has 2 aromatic carbocycles. The number of hydrogen-bond donors (Lipinski definition) is 1. The molecule has 1 fully saturated rings. The Balaban J connectivity index is 1.33. The van der Waals surface area contributed by atoms with Crippen molar-refractivity contribution in [3.63, 3.8) is 0 Å². The molecule has 1 saturated carbocycles. The summed E-state index contributed by atoms with van der Waals surface area (Å²) in [5.74, 6) is 1.97. The van der Waals surface area contributed by atoms with Gasteiger partial charge in [-0.15, -0.1) is 0 Å². The molecule has 0 unspecified atom stereocenters. The number of benzene rings is 2. The van der Waals surface area contributed by atoms with Crippen LogP contribution in [0, 0.1) is 0 Å². The molecule has 5 heteroatoms. The van der Waals surface area contributed by atoms with Gasteiger partial charge in [0.25, 0.3) is 5.91 Å². The average molecular weight is 388 g/mol. The largest absolute Gasteiger partial charge is 0.492 e. The molecule has 0 atom stereocenters. The third kappa shape index (κ3) is 6.47. The molecule has 3 rings (SSSR count). The van der Waals surface area contributed by atoms with E-state index in [0.717, 1.165) is 11.5 Å². The van der Waals surface area contributed by atoms with Gasteiger partial charge in [0.2, 0.25) is 0 Å². The van der Waals surface area contributed by atoms with E-state index in [9.17, 15) is 4.79 Å². The minimum absolute atomic E-state index is 0.00369. The first-order valence-corrected chi connectivity index (χ1v) is 9.96. The van der Waals surface area contributed by atoms with Gasteiger partial charge in [0.15, 0.2) is 6.61 Å². The Hall–Kier alpha value is -2.20. The van der Waals surface area contributed by atoms with Crippen LogP contribution in [0.25, 0.3) is 0 Å². The number of ether oxygens (including phenoxy) is 2. The van der Waals surface area contributed by atoms with E-state index in [1.165, 1.54) is 37.7 Å². The lowest BCUT2D eigenvalue weighted by atomic mass is 9.84. The summed E-state index contributed by atoms with van der Waals surface area (Å²) in [4.78, 5) is 11.9. The van der Waals surface area contributed by atoms with Crippen LogP contribution in [0.15, 0.2) is 48.5 Å². The van der Waals surface area contributed by atoms with Crippen molar-refractivity contribution in [1.29, 1.82) is 0 Å². The summed E-state index contributed by atoms with van der Waals surface area (Å²) in [6, 6.07) is 15.3. The SMILES string of the molecule is O=C(COc1ccc(C2CCCCC2)cc1)NCCOc1ccc(Cl)cc1. The Kier molecular flexibility index (Phi) is 7.40. The zero-order valence-electron chi connectivity index (χ0n) is 15.5. The summed E-state index contributed by atoms with van der Waals surface area (Å²) in [7, 11) is 0. The van der Waals surface area contributed by atoms with Gasteiger partial charge in [-0.05, 0) is 60.7 Å². The first-order valence-electron chi connectivity index (χ1n) is 9.58. The molecule has 144 valence electrons. The summed E-state index contributed by atoms with van der Waals surface area (Å²) < 4.78 is 11.1. The fourth-order valence-electron chi connectivity index (χ4n) is 3.36. The maximum atomic E-state index is 11.9. The third-order valence-corrected chi connectivity index (χ3v) is 5.09. The summed E-state index contributed by atoms with van der Waals surface area (Å²) >= 11 is 5.82. The summed E-state index contributed by atoms with van der Waals surface area (Å²) in [5, 5.41) is 3.45. The second kappa shape index (κ2) is 10.2. The van der Waals surface area contributed by atoms with Crippen LogP contribution in [0.3, 0.4) is 0 Å². The quantitative estimate of drug-likeness (QED) is 0.651. The molecule has 4 nitrogen and oxygen atoms in total. The Morgan fingerprint density at radius 3 is 2.26 bits per heavy atom. The molecule has 27 heavy (non-hydrogen) atoms. The van der Waals surface area contributed by atoms with Crippen molar-refractivity contribution in [3.05, 3.63) is 59.1 Å². The maximum Gasteiger partial charge on any atom is 0.258 e. The molecule has 1 aliphatic carbocycles. The zero-order valence-corrected chi connectivity index (χ0v) is 16.2. The first kappa shape index (κ1) is 19.6. The second-order valence-corrected chi connectivity index (χ2v) is 7.28. The fourth-order valence-corrected chi connectivity index (χ4v) is 3.49. The number of rotatable bonds is 8. The number of hydrogen-bond acceptors (Lipinski definition) is 3. The molecule has 1 amide bonds. The van der Waals surface area contributed by atoms with Crippen LogP contribution in [0.1, 0.15) is 43.6 Å². The second-order valence-electron chi connectivity index (χ2n) is 6.84. The number of carbonyl (C=O) groups is 1. The van der Waals surface area contributed by atoms with Crippen LogP contribution in [0.4, 0.5) is 0 Å². The van der Waals surface area contributed by atoms with Crippen molar-refractivity contribution < 1.29 is 14.3 Å². The maximum absolute atomic E-state index is 11.9. The Bertz CT molecular complexity index is 709. The predicted molar refractivity (Wildman–Crippen MR) is 108 cm³/mol. The average Bonchev–Trinajstić information content (AvgIpc) is 2.72.